The van der Waals surface area contributed by atoms with Crippen molar-refractivity contribution in [3.8, 4) is 17.4 Å². The molecule has 0 aliphatic carbocycles. The van der Waals surface area contributed by atoms with Gasteiger partial charge in [-0.05, 0) is 25.5 Å². The molecule has 5 nitrogen and oxygen atoms in total. The Kier molecular flexibility index (Phi) is 3.89. The van der Waals surface area contributed by atoms with Crippen LogP contribution in [0.3, 0.4) is 0 Å². The monoisotopic (exact) mass is 262 g/mol. The van der Waals surface area contributed by atoms with Gasteiger partial charge in [0.1, 0.15) is 5.82 Å². The predicted octanol–water partition coefficient (Wildman–Crippen LogP) is 2.36. The number of hydrogen-bond acceptors (Lipinski definition) is 5. The summed E-state index contributed by atoms with van der Waals surface area (Å²) in [6, 6.07) is 4.83. The average molecular weight is 262 g/mol. The smallest absolute Gasteiger partial charge is 0.321 e. The van der Waals surface area contributed by atoms with Gasteiger partial charge in [0.05, 0.1) is 12.2 Å². The van der Waals surface area contributed by atoms with E-state index in [2.05, 4.69) is 15.0 Å². The maximum Gasteiger partial charge on any atom is 0.321 e. The van der Waals surface area contributed by atoms with E-state index in [4.69, 9.17) is 10.5 Å². The average Bonchev–Trinajstić information content (AvgIpc) is 2.38. The van der Waals surface area contributed by atoms with Crippen molar-refractivity contribution in [1.29, 1.82) is 0 Å². The van der Waals surface area contributed by atoms with Gasteiger partial charge in [-0.3, -0.25) is 0 Å². The number of nitrogens with zero attached hydrogens (tertiary/aromatic N) is 3. The van der Waals surface area contributed by atoms with Gasteiger partial charge in [0.25, 0.3) is 0 Å². The van der Waals surface area contributed by atoms with Crippen LogP contribution >= 0.6 is 0 Å². The first-order valence-electron chi connectivity index (χ1n) is 6.01. The maximum atomic E-state index is 13.8. The summed E-state index contributed by atoms with van der Waals surface area (Å²) in [6.45, 7) is 4.30. The molecule has 0 atom stereocenters. The van der Waals surface area contributed by atoms with Crippen molar-refractivity contribution in [1.82, 2.24) is 15.0 Å². The summed E-state index contributed by atoms with van der Waals surface area (Å²) in [5.74, 6) is -0.213. The highest BCUT2D eigenvalue weighted by Gasteiger charge is 2.12. The molecule has 0 aliphatic heterocycles. The number of benzene rings is 1. The first kappa shape index (κ1) is 13.2. The second-order valence-corrected chi connectivity index (χ2v) is 4.13. The van der Waals surface area contributed by atoms with Crippen molar-refractivity contribution >= 4 is 5.95 Å². The molecule has 0 aliphatic rings. The third-order valence-corrected chi connectivity index (χ3v) is 2.43. The summed E-state index contributed by atoms with van der Waals surface area (Å²) in [7, 11) is 0. The number of hydrogen-bond donors (Lipinski definition) is 1. The molecule has 0 saturated heterocycles. The number of nitrogens with two attached hydrogens (primary N) is 1. The van der Waals surface area contributed by atoms with Crippen molar-refractivity contribution in [3.05, 3.63) is 29.6 Å². The number of aryl methyl sites for hydroxylation is 1. The van der Waals surface area contributed by atoms with Crippen molar-refractivity contribution in [2.45, 2.75) is 20.3 Å². The molecule has 100 valence electrons. The topological polar surface area (TPSA) is 73.9 Å². The van der Waals surface area contributed by atoms with Gasteiger partial charge in [0.15, 0.2) is 5.82 Å². The van der Waals surface area contributed by atoms with Crippen LogP contribution in [0.5, 0.6) is 6.01 Å². The number of rotatable bonds is 4. The second kappa shape index (κ2) is 5.60. The third-order valence-electron chi connectivity index (χ3n) is 2.43. The first-order valence-corrected chi connectivity index (χ1v) is 6.01. The molecular weight excluding hydrogens is 247 g/mol. The van der Waals surface area contributed by atoms with Gasteiger partial charge in [-0.1, -0.05) is 18.6 Å². The molecule has 0 spiro atoms. The van der Waals surface area contributed by atoms with E-state index in [0.29, 0.717) is 6.61 Å². The first-order chi connectivity index (χ1) is 9.10. The molecule has 0 fully saturated rings. The van der Waals surface area contributed by atoms with Crippen LogP contribution in [0.15, 0.2) is 18.2 Å². The Labute approximate surface area is 110 Å². The van der Waals surface area contributed by atoms with Gasteiger partial charge >= 0.3 is 6.01 Å². The molecule has 0 amide bonds. The number of aromatic nitrogens is 3. The van der Waals surface area contributed by atoms with Crippen LogP contribution in [0.25, 0.3) is 11.4 Å². The third kappa shape index (κ3) is 3.15. The van der Waals surface area contributed by atoms with E-state index in [-0.39, 0.29) is 23.3 Å². The summed E-state index contributed by atoms with van der Waals surface area (Å²) in [6.07, 6.45) is 0.819. The predicted molar refractivity (Wildman–Crippen MR) is 70.2 cm³/mol. The van der Waals surface area contributed by atoms with Gasteiger partial charge in [-0.2, -0.15) is 15.0 Å². The Bertz CT molecular complexity index is 589. The Morgan fingerprint density at radius 2 is 2.05 bits per heavy atom. The van der Waals surface area contributed by atoms with Crippen LogP contribution in [-0.4, -0.2) is 21.6 Å². The van der Waals surface area contributed by atoms with E-state index in [9.17, 15) is 4.39 Å². The molecule has 2 N–H and O–H groups in total. The van der Waals surface area contributed by atoms with Crippen molar-refractivity contribution in [2.24, 2.45) is 0 Å². The van der Waals surface area contributed by atoms with E-state index < -0.39 is 5.82 Å². The Hall–Kier alpha value is -2.24. The standard InChI is InChI=1S/C13H15FN4O/c1-3-6-19-13-17-11(16-12(15)18-13)9-7-8(2)4-5-10(9)14/h4-5,7H,3,6H2,1-2H3,(H2,15,16,17,18). The zero-order chi connectivity index (χ0) is 13.8. The van der Waals surface area contributed by atoms with E-state index in [1.54, 1.807) is 12.1 Å². The summed E-state index contributed by atoms with van der Waals surface area (Å²) < 4.78 is 19.1. The van der Waals surface area contributed by atoms with E-state index in [1.807, 2.05) is 13.8 Å². The maximum absolute atomic E-state index is 13.8. The zero-order valence-corrected chi connectivity index (χ0v) is 10.9. The lowest BCUT2D eigenvalue weighted by Crippen LogP contribution is -2.06. The van der Waals surface area contributed by atoms with E-state index >= 15 is 0 Å². The van der Waals surface area contributed by atoms with Crippen LogP contribution in [0, 0.1) is 12.7 Å². The lowest BCUT2D eigenvalue weighted by Gasteiger charge is -2.07. The fourth-order valence-corrected chi connectivity index (χ4v) is 1.56. The largest absolute Gasteiger partial charge is 0.463 e. The van der Waals surface area contributed by atoms with E-state index in [0.717, 1.165) is 12.0 Å². The highest BCUT2D eigenvalue weighted by Crippen LogP contribution is 2.22. The van der Waals surface area contributed by atoms with Crippen LogP contribution in [-0.2, 0) is 0 Å². The molecule has 0 saturated carbocycles. The van der Waals surface area contributed by atoms with Gasteiger partial charge in [0.2, 0.25) is 5.95 Å². The molecule has 0 bridgehead atoms. The number of ether oxygens (including phenoxy) is 1. The minimum absolute atomic E-state index is 0.0111. The lowest BCUT2D eigenvalue weighted by atomic mass is 10.1. The molecule has 1 aromatic carbocycles. The highest BCUT2D eigenvalue weighted by molar-refractivity contribution is 5.58. The summed E-state index contributed by atoms with van der Waals surface area (Å²) >= 11 is 0. The molecular formula is C13H15FN4O. The fourth-order valence-electron chi connectivity index (χ4n) is 1.56. The molecule has 1 heterocycles. The van der Waals surface area contributed by atoms with Gasteiger partial charge in [0, 0.05) is 0 Å². The quantitative estimate of drug-likeness (QED) is 0.915. The highest BCUT2D eigenvalue weighted by atomic mass is 19.1. The fraction of sp³-hybridized carbons (Fsp3) is 0.308. The summed E-state index contributed by atoms with van der Waals surface area (Å²) in [5, 5.41) is 0. The molecule has 2 rings (SSSR count). The van der Waals surface area contributed by atoms with E-state index in [1.165, 1.54) is 6.07 Å². The van der Waals surface area contributed by atoms with Crippen LogP contribution < -0.4 is 10.5 Å². The molecule has 2 aromatic rings. The molecule has 6 heteroatoms. The molecule has 0 unspecified atom stereocenters. The van der Waals surface area contributed by atoms with Gasteiger partial charge < -0.3 is 10.5 Å². The number of nitrogen functional groups attached to an aromatic ring is 1. The number of anilines is 1. The minimum Gasteiger partial charge on any atom is -0.463 e. The molecule has 0 radical (unpaired) electrons. The minimum atomic E-state index is -0.405. The van der Waals surface area contributed by atoms with Crippen LogP contribution in [0.4, 0.5) is 10.3 Å². The van der Waals surface area contributed by atoms with Crippen LogP contribution in [0.2, 0.25) is 0 Å². The lowest BCUT2D eigenvalue weighted by molar-refractivity contribution is 0.292. The SMILES string of the molecule is CCCOc1nc(N)nc(-c2cc(C)ccc2F)n1. The Morgan fingerprint density at radius 3 is 2.79 bits per heavy atom. The zero-order valence-electron chi connectivity index (χ0n) is 10.9. The Morgan fingerprint density at radius 1 is 1.26 bits per heavy atom. The Balaban J connectivity index is 2.43. The van der Waals surface area contributed by atoms with Crippen LogP contribution in [0.1, 0.15) is 18.9 Å². The van der Waals surface area contributed by atoms with Crippen molar-refractivity contribution in [2.75, 3.05) is 12.3 Å². The molecule has 1 aromatic heterocycles. The van der Waals surface area contributed by atoms with Gasteiger partial charge in [-0.25, -0.2) is 4.39 Å². The van der Waals surface area contributed by atoms with Crippen molar-refractivity contribution in [3.63, 3.8) is 0 Å². The number of halogens is 1. The normalized spacial score (nSPS) is 10.5. The molecule has 19 heavy (non-hydrogen) atoms. The van der Waals surface area contributed by atoms with Crippen molar-refractivity contribution < 1.29 is 9.13 Å². The second-order valence-electron chi connectivity index (χ2n) is 4.13. The van der Waals surface area contributed by atoms with Gasteiger partial charge in [-0.15, -0.1) is 0 Å². The summed E-state index contributed by atoms with van der Waals surface area (Å²) in [4.78, 5) is 11.9. The summed E-state index contributed by atoms with van der Waals surface area (Å²) in [5.41, 5.74) is 6.79.